The van der Waals surface area contributed by atoms with Gasteiger partial charge >= 0.3 is 0 Å². The average molecular weight is 1120 g/mol. The first-order chi connectivity index (χ1) is 43.7. The van der Waals surface area contributed by atoms with Crippen LogP contribution < -0.4 is 0 Å². The molecule has 8 heterocycles. The lowest BCUT2D eigenvalue weighted by molar-refractivity contribution is 1.25. The molecule has 88 heavy (non-hydrogen) atoms. The molecule has 0 unspecified atom stereocenters. The minimum atomic E-state index is 1.03. The number of fused-ring (bicyclic) bond motifs is 33. The SMILES string of the molecule is c1ccc2c(c1)ccc1c2c2ccccc2n2c3ccccc3nc12.c1ccc2c(c1)ccc1c3ccccc3n3c4ccccc4nc3c21.c1ccc2c(c1)ccn1c3ccccc3nc21.c1ccc2c(c1)nc1c3ccccc3c3ccccc3n21. The zero-order valence-corrected chi connectivity index (χ0v) is 47.4. The number of hydrogen-bond acceptors (Lipinski definition) is 4. The molecule has 0 atom stereocenters. The molecule has 0 fully saturated rings. The summed E-state index contributed by atoms with van der Waals surface area (Å²) in [4.78, 5) is 19.5. The highest BCUT2D eigenvalue weighted by molar-refractivity contribution is 6.25. The van der Waals surface area contributed by atoms with Crippen molar-refractivity contribution in [2.24, 2.45) is 0 Å². The van der Waals surface area contributed by atoms with Crippen LogP contribution in [0.5, 0.6) is 0 Å². The van der Waals surface area contributed by atoms with E-state index in [0.29, 0.717) is 0 Å². The van der Waals surface area contributed by atoms with Gasteiger partial charge < -0.3 is 0 Å². The van der Waals surface area contributed by atoms with E-state index in [1.165, 1.54) is 97.3 Å². The van der Waals surface area contributed by atoms with Crippen LogP contribution in [-0.4, -0.2) is 37.5 Å². The van der Waals surface area contributed by atoms with Gasteiger partial charge in [-0.25, -0.2) is 19.9 Å². The number of hydrogen-bond donors (Lipinski definition) is 0. The van der Waals surface area contributed by atoms with Crippen LogP contribution in [0.3, 0.4) is 0 Å². The lowest BCUT2D eigenvalue weighted by Crippen LogP contribution is -1.92. The van der Waals surface area contributed by atoms with Crippen LogP contribution in [0.1, 0.15) is 0 Å². The molecule has 0 saturated carbocycles. The van der Waals surface area contributed by atoms with Crippen molar-refractivity contribution in [3.05, 3.63) is 303 Å². The fourth-order valence-corrected chi connectivity index (χ4v) is 13.8. The van der Waals surface area contributed by atoms with Crippen LogP contribution in [-0.2, 0) is 0 Å². The Morgan fingerprint density at radius 3 is 1.09 bits per heavy atom. The summed E-state index contributed by atoms with van der Waals surface area (Å²) in [5, 5.41) is 18.7. The third-order valence-corrected chi connectivity index (χ3v) is 17.7. The van der Waals surface area contributed by atoms with Gasteiger partial charge in [0.2, 0.25) is 0 Å². The number of imidazole rings is 4. The predicted molar refractivity (Wildman–Crippen MR) is 368 cm³/mol. The standard InChI is InChI=1S/2C23H14N2.C19H12N2.C15H10N2/c1-2-8-16-15(7-1)13-14-18-22(16)17-9-3-5-11-20(17)25-21-12-6-4-10-19(21)24-23(18)25;1-2-8-16-15(7-1)13-14-18-17-9-3-5-11-20(17)25-21-12-6-4-10-19(21)24-23(25)22(16)18;1-2-9-15-13(7-1)14-8-3-5-11-17(14)21-18-12-6-4-10-16(18)20-19(15)21;1-2-6-12-11(5-1)9-10-17-14-8-4-3-7-13(14)16-15(12)17/h2*1-14H;1-12H;1-10H. The molecule has 0 N–H and O–H groups in total. The molecule has 0 aliphatic heterocycles. The summed E-state index contributed by atoms with van der Waals surface area (Å²) in [6, 6.07) is 104. The Labute approximate surface area is 502 Å². The lowest BCUT2D eigenvalue weighted by atomic mass is 9.99. The summed E-state index contributed by atoms with van der Waals surface area (Å²) in [6.07, 6.45) is 2.09. The van der Waals surface area contributed by atoms with Crippen LogP contribution in [0, 0.1) is 0 Å². The van der Waals surface area contributed by atoms with Gasteiger partial charge in [0.1, 0.15) is 22.6 Å². The maximum absolute atomic E-state index is 5.01. The van der Waals surface area contributed by atoms with Gasteiger partial charge in [-0.05, 0) is 117 Å². The molecule has 8 nitrogen and oxygen atoms in total. The predicted octanol–water partition coefficient (Wildman–Crippen LogP) is 20.3. The lowest BCUT2D eigenvalue weighted by Gasteiger charge is -2.11. The Hall–Kier alpha value is -12.0. The van der Waals surface area contributed by atoms with E-state index in [9.17, 15) is 0 Å². The topological polar surface area (TPSA) is 69.2 Å². The van der Waals surface area contributed by atoms with Crippen LogP contribution in [0.4, 0.5) is 0 Å². The number of pyridine rings is 4. The molecule has 0 saturated heterocycles. The first kappa shape index (κ1) is 49.4. The summed E-state index contributed by atoms with van der Waals surface area (Å²) in [5.74, 6) is 0. The summed E-state index contributed by atoms with van der Waals surface area (Å²) in [5.41, 5.74) is 16.5. The van der Waals surface area contributed by atoms with Crippen molar-refractivity contribution in [3.63, 3.8) is 0 Å². The van der Waals surface area contributed by atoms with E-state index in [0.717, 1.165) is 66.7 Å². The highest BCUT2D eigenvalue weighted by Crippen LogP contribution is 2.39. The minimum Gasteiger partial charge on any atom is -0.299 e. The second-order valence-corrected chi connectivity index (χ2v) is 22.5. The Morgan fingerprint density at radius 2 is 0.523 bits per heavy atom. The zero-order chi connectivity index (χ0) is 57.8. The quantitative estimate of drug-likeness (QED) is 0.142. The first-order valence-corrected chi connectivity index (χ1v) is 29.8. The van der Waals surface area contributed by atoms with Crippen molar-refractivity contribution in [3.8, 4) is 0 Å². The zero-order valence-electron chi connectivity index (χ0n) is 47.4. The van der Waals surface area contributed by atoms with Crippen molar-refractivity contribution in [2.45, 2.75) is 0 Å². The maximum atomic E-state index is 5.01. The number of para-hydroxylation sites is 11. The average Bonchev–Trinajstić information content (AvgIpc) is 3.24. The molecule has 0 aliphatic carbocycles. The molecular formula is C80H50N8. The summed E-state index contributed by atoms with van der Waals surface area (Å²) < 4.78 is 9.02. The van der Waals surface area contributed by atoms with Gasteiger partial charge in [0, 0.05) is 49.3 Å². The third-order valence-electron chi connectivity index (χ3n) is 17.7. The number of nitrogens with zero attached hydrogens (tertiary/aromatic N) is 8. The van der Waals surface area contributed by atoms with Gasteiger partial charge in [0.15, 0.2) is 0 Å². The monoisotopic (exact) mass is 1120 g/mol. The summed E-state index contributed by atoms with van der Waals surface area (Å²) >= 11 is 0. The Bertz CT molecular complexity index is 6410. The molecule has 0 radical (unpaired) electrons. The van der Waals surface area contributed by atoms with Gasteiger partial charge in [0.05, 0.1) is 60.7 Å². The highest BCUT2D eigenvalue weighted by Gasteiger charge is 2.18. The molecule has 8 heteroatoms. The Balaban J connectivity index is 0.0000000888. The van der Waals surface area contributed by atoms with Gasteiger partial charge in [-0.3, -0.25) is 17.6 Å². The number of rotatable bonds is 0. The molecule has 13 aromatic carbocycles. The van der Waals surface area contributed by atoms with Crippen molar-refractivity contribution in [1.29, 1.82) is 0 Å². The summed E-state index contributed by atoms with van der Waals surface area (Å²) in [7, 11) is 0. The van der Waals surface area contributed by atoms with Gasteiger partial charge in [-0.1, -0.05) is 218 Å². The second kappa shape index (κ2) is 19.8. The molecule has 8 aromatic heterocycles. The Kier molecular flexibility index (Phi) is 11.1. The van der Waals surface area contributed by atoms with E-state index >= 15 is 0 Å². The molecule has 0 bridgehead atoms. The smallest absolute Gasteiger partial charge is 0.147 e. The normalized spacial score (nSPS) is 11.9. The molecular weight excluding hydrogens is 1070 g/mol. The minimum absolute atomic E-state index is 1.03. The van der Waals surface area contributed by atoms with Crippen molar-refractivity contribution < 1.29 is 0 Å². The molecule has 410 valence electrons. The number of benzene rings is 13. The first-order valence-electron chi connectivity index (χ1n) is 29.8. The van der Waals surface area contributed by atoms with E-state index in [2.05, 4.69) is 303 Å². The summed E-state index contributed by atoms with van der Waals surface area (Å²) in [6.45, 7) is 0. The van der Waals surface area contributed by atoms with E-state index in [4.69, 9.17) is 19.9 Å². The molecule has 21 rings (SSSR count). The second-order valence-electron chi connectivity index (χ2n) is 22.5. The molecule has 0 amide bonds. The van der Waals surface area contributed by atoms with Crippen molar-refractivity contribution >= 4 is 164 Å². The number of aromatic nitrogens is 8. The van der Waals surface area contributed by atoms with Crippen LogP contribution in [0.2, 0.25) is 0 Å². The fraction of sp³-hybridized carbons (Fsp3) is 0. The fourth-order valence-electron chi connectivity index (χ4n) is 13.8. The maximum Gasteiger partial charge on any atom is 0.147 e. The van der Waals surface area contributed by atoms with Crippen LogP contribution in [0.25, 0.3) is 164 Å². The van der Waals surface area contributed by atoms with Gasteiger partial charge in [0.25, 0.3) is 0 Å². The van der Waals surface area contributed by atoms with Gasteiger partial charge in [-0.15, -0.1) is 0 Å². The molecule has 0 aliphatic rings. The van der Waals surface area contributed by atoms with Crippen LogP contribution in [0.15, 0.2) is 303 Å². The van der Waals surface area contributed by atoms with E-state index in [1.807, 2.05) is 18.2 Å². The van der Waals surface area contributed by atoms with E-state index < -0.39 is 0 Å². The molecule has 21 aromatic rings. The van der Waals surface area contributed by atoms with Crippen LogP contribution >= 0.6 is 0 Å². The van der Waals surface area contributed by atoms with E-state index in [1.54, 1.807) is 0 Å². The highest BCUT2D eigenvalue weighted by atomic mass is 15.0. The Morgan fingerprint density at radius 1 is 0.182 bits per heavy atom. The van der Waals surface area contributed by atoms with E-state index in [-0.39, 0.29) is 0 Å². The largest absolute Gasteiger partial charge is 0.299 e. The van der Waals surface area contributed by atoms with Crippen molar-refractivity contribution in [1.82, 2.24) is 37.5 Å². The van der Waals surface area contributed by atoms with Gasteiger partial charge in [-0.2, -0.15) is 0 Å². The van der Waals surface area contributed by atoms with Crippen molar-refractivity contribution in [2.75, 3.05) is 0 Å². The third kappa shape index (κ3) is 7.59. The molecule has 0 spiro atoms.